The summed E-state index contributed by atoms with van der Waals surface area (Å²) in [4.78, 5) is 0. The molecule has 1 aromatic rings. The minimum Gasteiger partial charge on any atom is -0.211 e. The van der Waals surface area contributed by atoms with Crippen molar-refractivity contribution in [1.29, 1.82) is 0 Å². The zero-order valence-electron chi connectivity index (χ0n) is 9.40. The second-order valence-corrected chi connectivity index (χ2v) is 6.05. The van der Waals surface area contributed by atoms with E-state index in [9.17, 15) is 8.42 Å². The second-order valence-electron chi connectivity index (χ2n) is 3.71. The zero-order chi connectivity index (χ0) is 12.2. The number of alkyl halides is 1. The molecule has 0 saturated heterocycles. The van der Waals surface area contributed by atoms with Crippen LogP contribution in [0.2, 0.25) is 0 Å². The number of rotatable bonds is 5. The van der Waals surface area contributed by atoms with Gasteiger partial charge in [-0.2, -0.15) is 0 Å². The Hall–Kier alpha value is -0.580. The number of benzene rings is 1. The lowest BCUT2D eigenvalue weighted by atomic mass is 10.0. The fourth-order valence-corrected chi connectivity index (χ4v) is 2.42. The second kappa shape index (κ2) is 5.66. The third-order valence-corrected chi connectivity index (χ3v) is 4.15. The predicted octanol–water partition coefficient (Wildman–Crippen LogP) is 2.56. The van der Waals surface area contributed by atoms with E-state index in [0.717, 1.165) is 11.1 Å². The first-order chi connectivity index (χ1) is 7.48. The Bertz CT molecular complexity index is 428. The minimum absolute atomic E-state index is 0.204. The molecule has 0 aliphatic carbocycles. The Labute approximate surface area is 102 Å². The van der Waals surface area contributed by atoms with Crippen LogP contribution in [0.1, 0.15) is 30.5 Å². The van der Waals surface area contributed by atoms with E-state index >= 15 is 0 Å². The molecule has 1 rings (SSSR count). The molecule has 0 bridgehead atoms. The first-order valence-corrected chi connectivity index (χ1v) is 7.29. The number of sulfonamides is 1. The molecule has 16 heavy (non-hydrogen) atoms. The Kier molecular flexibility index (Phi) is 4.77. The summed E-state index contributed by atoms with van der Waals surface area (Å²) in [6, 6.07) is 7.59. The van der Waals surface area contributed by atoms with Gasteiger partial charge in [0, 0.05) is 6.04 Å². The predicted molar refractivity (Wildman–Crippen MR) is 67.0 cm³/mol. The maximum Gasteiger partial charge on any atom is 0.226 e. The molecule has 0 spiro atoms. The average Bonchev–Trinajstić information content (AvgIpc) is 2.27. The van der Waals surface area contributed by atoms with E-state index in [1.54, 1.807) is 0 Å². The summed E-state index contributed by atoms with van der Waals surface area (Å²) in [6.45, 7) is 3.93. The fourth-order valence-electron chi connectivity index (χ4n) is 1.43. The Morgan fingerprint density at radius 3 is 2.31 bits per heavy atom. The van der Waals surface area contributed by atoms with Crippen molar-refractivity contribution in [1.82, 2.24) is 4.72 Å². The molecule has 0 fully saturated rings. The molecular weight excluding hydrogens is 246 g/mol. The van der Waals surface area contributed by atoms with E-state index in [2.05, 4.69) is 4.72 Å². The van der Waals surface area contributed by atoms with Crippen LogP contribution in [0.5, 0.6) is 0 Å². The molecule has 0 heterocycles. The first kappa shape index (κ1) is 13.5. The summed E-state index contributed by atoms with van der Waals surface area (Å²) in [5, 5.41) is -0.407. The van der Waals surface area contributed by atoms with Gasteiger partial charge in [-0.1, -0.05) is 36.8 Å². The van der Waals surface area contributed by atoms with E-state index in [1.807, 2.05) is 38.1 Å². The van der Waals surface area contributed by atoms with Gasteiger partial charge in [0.2, 0.25) is 10.0 Å². The third kappa shape index (κ3) is 3.77. The number of hydrogen-bond acceptors (Lipinski definition) is 2. The Morgan fingerprint density at radius 2 is 1.88 bits per heavy atom. The van der Waals surface area contributed by atoms with Gasteiger partial charge in [0.25, 0.3) is 0 Å². The van der Waals surface area contributed by atoms with Crippen LogP contribution in [0.15, 0.2) is 24.3 Å². The molecular formula is C11H16ClNO2S. The monoisotopic (exact) mass is 261 g/mol. The van der Waals surface area contributed by atoms with Crippen molar-refractivity contribution in [3.05, 3.63) is 35.4 Å². The lowest BCUT2D eigenvalue weighted by Gasteiger charge is -2.16. The molecule has 0 aromatic heterocycles. The summed E-state index contributed by atoms with van der Waals surface area (Å²) in [6.07, 6.45) is 0.694. The normalized spacial score (nSPS) is 13.7. The summed E-state index contributed by atoms with van der Waals surface area (Å²) in [7, 11) is -3.37. The van der Waals surface area contributed by atoms with E-state index in [4.69, 9.17) is 11.6 Å². The highest BCUT2D eigenvalue weighted by Crippen LogP contribution is 2.18. The van der Waals surface area contributed by atoms with Crippen LogP contribution in [0.4, 0.5) is 0 Å². The summed E-state index contributed by atoms with van der Waals surface area (Å²) >= 11 is 5.36. The van der Waals surface area contributed by atoms with Crippen molar-refractivity contribution in [3.63, 3.8) is 0 Å². The maximum absolute atomic E-state index is 11.4. The zero-order valence-corrected chi connectivity index (χ0v) is 11.0. The molecule has 0 radical (unpaired) electrons. The topological polar surface area (TPSA) is 46.2 Å². The number of halogens is 1. The van der Waals surface area contributed by atoms with Crippen LogP contribution in [0.3, 0.4) is 0 Å². The standard InChI is InChI=1S/C11H16ClNO2S/c1-3-11(13-16(14,15)8-12)10-6-4-9(2)5-7-10/h4-7,11,13H,3,8H2,1-2H3. The molecule has 1 N–H and O–H groups in total. The molecule has 0 aliphatic heterocycles. The van der Waals surface area contributed by atoms with Crippen LogP contribution >= 0.6 is 11.6 Å². The smallest absolute Gasteiger partial charge is 0.211 e. The molecule has 1 atom stereocenters. The van der Waals surface area contributed by atoms with E-state index in [0.29, 0.717) is 6.42 Å². The maximum atomic E-state index is 11.4. The molecule has 1 unspecified atom stereocenters. The summed E-state index contributed by atoms with van der Waals surface area (Å²) in [5.74, 6) is 0. The van der Waals surface area contributed by atoms with Crippen molar-refractivity contribution in [3.8, 4) is 0 Å². The van der Waals surface area contributed by atoms with Crippen LogP contribution in [-0.2, 0) is 10.0 Å². The van der Waals surface area contributed by atoms with Gasteiger partial charge in [-0.25, -0.2) is 13.1 Å². The van der Waals surface area contributed by atoms with Gasteiger partial charge in [-0.05, 0) is 18.9 Å². The third-order valence-electron chi connectivity index (χ3n) is 2.35. The summed E-state index contributed by atoms with van der Waals surface area (Å²) < 4.78 is 25.3. The van der Waals surface area contributed by atoms with Crippen LogP contribution in [0.25, 0.3) is 0 Å². The number of aryl methyl sites for hydroxylation is 1. The SMILES string of the molecule is CCC(NS(=O)(=O)CCl)c1ccc(C)cc1. The van der Waals surface area contributed by atoms with Gasteiger partial charge in [-0.15, -0.1) is 11.6 Å². The molecule has 0 amide bonds. The molecule has 0 aliphatic rings. The van der Waals surface area contributed by atoms with Crippen molar-refractivity contribution in [2.75, 3.05) is 5.21 Å². The molecule has 3 nitrogen and oxygen atoms in total. The van der Waals surface area contributed by atoms with Crippen molar-refractivity contribution in [2.24, 2.45) is 0 Å². The van der Waals surface area contributed by atoms with E-state index in [1.165, 1.54) is 0 Å². The molecule has 90 valence electrons. The van der Waals surface area contributed by atoms with Crippen LogP contribution in [0, 0.1) is 6.92 Å². The largest absolute Gasteiger partial charge is 0.226 e. The van der Waals surface area contributed by atoms with Crippen molar-refractivity contribution in [2.45, 2.75) is 26.3 Å². The fraction of sp³-hybridized carbons (Fsp3) is 0.455. The van der Waals surface area contributed by atoms with Gasteiger partial charge >= 0.3 is 0 Å². The molecule has 0 saturated carbocycles. The first-order valence-electron chi connectivity index (χ1n) is 5.11. The Morgan fingerprint density at radius 1 is 1.31 bits per heavy atom. The average molecular weight is 262 g/mol. The van der Waals surface area contributed by atoms with Crippen molar-refractivity contribution >= 4 is 21.6 Å². The quantitative estimate of drug-likeness (QED) is 0.828. The minimum atomic E-state index is -3.37. The van der Waals surface area contributed by atoms with Gasteiger partial charge in [0.15, 0.2) is 0 Å². The van der Waals surface area contributed by atoms with Gasteiger partial charge in [0.1, 0.15) is 5.21 Å². The van der Waals surface area contributed by atoms with Crippen molar-refractivity contribution < 1.29 is 8.42 Å². The van der Waals surface area contributed by atoms with E-state index in [-0.39, 0.29) is 6.04 Å². The molecule has 1 aromatic carbocycles. The summed E-state index contributed by atoms with van der Waals surface area (Å²) in [5.41, 5.74) is 2.11. The van der Waals surface area contributed by atoms with E-state index < -0.39 is 15.2 Å². The highest BCUT2D eigenvalue weighted by atomic mass is 35.5. The lowest BCUT2D eigenvalue weighted by Crippen LogP contribution is -2.28. The highest BCUT2D eigenvalue weighted by molar-refractivity contribution is 7.90. The Balaban J connectivity index is 2.87. The van der Waals surface area contributed by atoms with Gasteiger partial charge < -0.3 is 0 Å². The number of hydrogen-bond donors (Lipinski definition) is 1. The van der Waals surface area contributed by atoms with Crippen LogP contribution < -0.4 is 4.72 Å². The van der Waals surface area contributed by atoms with Crippen LogP contribution in [-0.4, -0.2) is 13.6 Å². The molecule has 5 heteroatoms. The number of nitrogens with one attached hydrogen (secondary N) is 1. The lowest BCUT2D eigenvalue weighted by molar-refractivity contribution is 0.554. The van der Waals surface area contributed by atoms with Gasteiger partial charge in [0.05, 0.1) is 0 Å². The van der Waals surface area contributed by atoms with Gasteiger partial charge in [-0.3, -0.25) is 0 Å². The highest BCUT2D eigenvalue weighted by Gasteiger charge is 2.16.